The molecule has 0 fully saturated rings. The summed E-state index contributed by atoms with van der Waals surface area (Å²) >= 11 is 0. The van der Waals surface area contributed by atoms with Gasteiger partial charge in [-0.3, -0.25) is 4.79 Å². The second-order valence-corrected chi connectivity index (χ2v) is 6.52. The number of rotatable bonds is 7. The lowest BCUT2D eigenvalue weighted by atomic mass is 10.1. The predicted molar refractivity (Wildman–Crippen MR) is 97.1 cm³/mol. The molecule has 2 atom stereocenters. The number of nitrogens with one attached hydrogen (secondary N) is 1. The summed E-state index contributed by atoms with van der Waals surface area (Å²) in [5.41, 5.74) is 2.35. The molecule has 0 spiro atoms. The molecule has 0 bridgehead atoms. The summed E-state index contributed by atoms with van der Waals surface area (Å²) in [4.78, 5) is 12.2. The number of aliphatic hydroxyl groups is 1. The molecule has 25 heavy (non-hydrogen) atoms. The molecule has 1 amide bonds. The number of amides is 1. The lowest BCUT2D eigenvalue weighted by Crippen LogP contribution is -2.33. The number of carbonyl (C=O) groups excluding carboxylic acids is 1. The topological polar surface area (TPSA) is 67.4 Å². The van der Waals surface area contributed by atoms with E-state index in [0.29, 0.717) is 25.0 Å². The fourth-order valence-electron chi connectivity index (χ4n) is 3.21. The van der Waals surface area contributed by atoms with Crippen LogP contribution in [0.25, 0.3) is 10.9 Å². The van der Waals surface area contributed by atoms with Crippen LogP contribution in [0.5, 0.6) is 0 Å². The van der Waals surface area contributed by atoms with Gasteiger partial charge in [0, 0.05) is 43.0 Å². The van der Waals surface area contributed by atoms with Crippen LogP contribution in [0.4, 0.5) is 0 Å². The van der Waals surface area contributed by atoms with Crippen molar-refractivity contribution in [1.82, 2.24) is 9.88 Å². The average Bonchev–Trinajstić information content (AvgIpc) is 3.22. The Bertz CT molecular complexity index is 836. The molecule has 0 aliphatic rings. The normalized spacial score (nSPS) is 13.7. The summed E-state index contributed by atoms with van der Waals surface area (Å²) in [6.45, 7) is 1.89. The van der Waals surface area contributed by atoms with Crippen molar-refractivity contribution in [3.05, 3.63) is 60.2 Å². The van der Waals surface area contributed by atoms with Crippen molar-refractivity contribution in [2.75, 3.05) is 0 Å². The van der Waals surface area contributed by atoms with Crippen LogP contribution >= 0.6 is 0 Å². The molecule has 2 unspecified atom stereocenters. The molecule has 0 radical (unpaired) electrons. The van der Waals surface area contributed by atoms with E-state index in [4.69, 9.17) is 4.42 Å². The Morgan fingerprint density at radius 2 is 2.08 bits per heavy atom. The Balaban J connectivity index is 1.52. The standard InChI is InChI=1S/C20H24N2O3/c1-14(12-18(23)19-8-5-11-25-19)21-20(24)10-9-15-13-22(2)17-7-4-3-6-16(15)17/h3-8,11,13-14,18,23H,9-10,12H2,1-2H3,(H,21,24). The first-order valence-electron chi connectivity index (χ1n) is 8.58. The minimum absolute atomic E-state index is 0.00733. The lowest BCUT2D eigenvalue weighted by molar-refractivity contribution is -0.121. The van der Waals surface area contributed by atoms with Crippen LogP contribution in [-0.4, -0.2) is 21.6 Å². The van der Waals surface area contributed by atoms with E-state index in [-0.39, 0.29) is 11.9 Å². The first-order chi connectivity index (χ1) is 12.0. The molecule has 3 rings (SSSR count). The van der Waals surface area contributed by atoms with Crippen LogP contribution in [0.2, 0.25) is 0 Å². The molecule has 2 N–H and O–H groups in total. The highest BCUT2D eigenvalue weighted by atomic mass is 16.4. The minimum atomic E-state index is -0.705. The Labute approximate surface area is 147 Å². The van der Waals surface area contributed by atoms with Gasteiger partial charge < -0.3 is 19.4 Å². The molecule has 132 valence electrons. The number of hydrogen-bond donors (Lipinski definition) is 2. The summed E-state index contributed by atoms with van der Waals surface area (Å²) in [7, 11) is 2.02. The van der Waals surface area contributed by atoms with Crippen LogP contribution < -0.4 is 5.32 Å². The molecular formula is C20H24N2O3. The molecule has 0 saturated carbocycles. The zero-order valence-electron chi connectivity index (χ0n) is 14.6. The fourth-order valence-corrected chi connectivity index (χ4v) is 3.21. The number of fused-ring (bicyclic) bond motifs is 1. The molecule has 5 heteroatoms. The van der Waals surface area contributed by atoms with Crippen molar-refractivity contribution in [3.63, 3.8) is 0 Å². The Morgan fingerprint density at radius 1 is 1.28 bits per heavy atom. The average molecular weight is 340 g/mol. The van der Waals surface area contributed by atoms with Gasteiger partial charge in [-0.15, -0.1) is 0 Å². The van der Waals surface area contributed by atoms with Gasteiger partial charge in [0.05, 0.1) is 6.26 Å². The minimum Gasteiger partial charge on any atom is -0.467 e. The monoisotopic (exact) mass is 340 g/mol. The first kappa shape index (κ1) is 17.3. The number of aryl methyl sites for hydroxylation is 2. The van der Waals surface area contributed by atoms with Crippen molar-refractivity contribution < 1.29 is 14.3 Å². The van der Waals surface area contributed by atoms with E-state index in [1.165, 1.54) is 22.7 Å². The highest BCUT2D eigenvalue weighted by Crippen LogP contribution is 2.22. The lowest BCUT2D eigenvalue weighted by Gasteiger charge is -2.16. The van der Waals surface area contributed by atoms with Gasteiger partial charge in [0.15, 0.2) is 0 Å². The van der Waals surface area contributed by atoms with Crippen LogP contribution in [0, 0.1) is 0 Å². The molecule has 2 aromatic heterocycles. The number of aromatic nitrogens is 1. The molecular weight excluding hydrogens is 316 g/mol. The second-order valence-electron chi connectivity index (χ2n) is 6.52. The van der Waals surface area contributed by atoms with Crippen LogP contribution in [0.15, 0.2) is 53.3 Å². The molecule has 5 nitrogen and oxygen atoms in total. The van der Waals surface area contributed by atoms with Crippen molar-refractivity contribution >= 4 is 16.8 Å². The maximum atomic E-state index is 12.2. The number of carbonyl (C=O) groups is 1. The SMILES string of the molecule is CC(CC(O)c1ccco1)NC(=O)CCc1cn(C)c2ccccc12. The first-order valence-corrected chi connectivity index (χ1v) is 8.58. The summed E-state index contributed by atoms with van der Waals surface area (Å²) < 4.78 is 7.27. The zero-order valence-corrected chi connectivity index (χ0v) is 14.6. The van der Waals surface area contributed by atoms with E-state index < -0.39 is 6.10 Å². The summed E-state index contributed by atoms with van der Waals surface area (Å²) in [6.07, 6.45) is 4.46. The molecule has 1 aromatic carbocycles. The van der Waals surface area contributed by atoms with E-state index in [0.717, 1.165) is 0 Å². The summed E-state index contributed by atoms with van der Waals surface area (Å²) in [5, 5.41) is 14.2. The van der Waals surface area contributed by atoms with Gasteiger partial charge >= 0.3 is 0 Å². The quantitative estimate of drug-likeness (QED) is 0.693. The maximum Gasteiger partial charge on any atom is 0.220 e. The number of hydrogen-bond acceptors (Lipinski definition) is 3. The third kappa shape index (κ3) is 4.12. The summed E-state index contributed by atoms with van der Waals surface area (Å²) in [6, 6.07) is 11.6. The highest BCUT2D eigenvalue weighted by Gasteiger charge is 2.16. The summed E-state index contributed by atoms with van der Waals surface area (Å²) in [5.74, 6) is 0.518. The predicted octanol–water partition coefficient (Wildman–Crippen LogP) is 3.33. The zero-order chi connectivity index (χ0) is 17.8. The Kier molecular flexibility index (Phi) is 5.24. The van der Waals surface area contributed by atoms with E-state index in [1.807, 2.05) is 26.1 Å². The van der Waals surface area contributed by atoms with Gasteiger partial charge in [-0.05, 0) is 37.1 Å². The van der Waals surface area contributed by atoms with Crippen molar-refractivity contribution in [2.45, 2.75) is 38.3 Å². The van der Waals surface area contributed by atoms with E-state index in [2.05, 4.69) is 28.2 Å². The van der Waals surface area contributed by atoms with Crippen LogP contribution in [0.3, 0.4) is 0 Å². The fraction of sp³-hybridized carbons (Fsp3) is 0.350. The molecule has 2 heterocycles. The maximum absolute atomic E-state index is 12.2. The third-order valence-corrected chi connectivity index (χ3v) is 4.46. The Hall–Kier alpha value is -2.53. The van der Waals surface area contributed by atoms with E-state index in [1.54, 1.807) is 12.1 Å². The molecule has 0 aliphatic heterocycles. The van der Waals surface area contributed by atoms with E-state index >= 15 is 0 Å². The van der Waals surface area contributed by atoms with Gasteiger partial charge in [-0.1, -0.05) is 18.2 Å². The van der Waals surface area contributed by atoms with E-state index in [9.17, 15) is 9.90 Å². The van der Waals surface area contributed by atoms with Gasteiger partial charge in [-0.2, -0.15) is 0 Å². The molecule has 0 aliphatic carbocycles. The van der Waals surface area contributed by atoms with Gasteiger partial charge in [0.1, 0.15) is 11.9 Å². The number of benzene rings is 1. The van der Waals surface area contributed by atoms with Crippen LogP contribution in [-0.2, 0) is 18.3 Å². The highest BCUT2D eigenvalue weighted by molar-refractivity contribution is 5.85. The van der Waals surface area contributed by atoms with Gasteiger partial charge in [0.25, 0.3) is 0 Å². The van der Waals surface area contributed by atoms with Gasteiger partial charge in [-0.25, -0.2) is 0 Å². The van der Waals surface area contributed by atoms with Crippen molar-refractivity contribution in [2.24, 2.45) is 7.05 Å². The second kappa shape index (κ2) is 7.57. The van der Waals surface area contributed by atoms with Gasteiger partial charge in [0.2, 0.25) is 5.91 Å². The largest absolute Gasteiger partial charge is 0.467 e. The Morgan fingerprint density at radius 3 is 2.84 bits per heavy atom. The third-order valence-electron chi connectivity index (χ3n) is 4.46. The number of furan rings is 1. The smallest absolute Gasteiger partial charge is 0.220 e. The van der Waals surface area contributed by atoms with Crippen LogP contribution in [0.1, 0.15) is 37.2 Å². The number of para-hydroxylation sites is 1. The number of nitrogens with zero attached hydrogens (tertiary/aromatic N) is 1. The molecule has 3 aromatic rings. The van der Waals surface area contributed by atoms with Crippen molar-refractivity contribution in [1.29, 1.82) is 0 Å². The van der Waals surface area contributed by atoms with Crippen molar-refractivity contribution in [3.8, 4) is 0 Å². The number of aliphatic hydroxyl groups excluding tert-OH is 1. The molecule has 0 saturated heterocycles.